The molecule has 2 unspecified atom stereocenters. The van der Waals surface area contributed by atoms with Crippen LogP contribution in [0.3, 0.4) is 0 Å². The highest BCUT2D eigenvalue weighted by molar-refractivity contribution is 7.10. The van der Waals surface area contributed by atoms with E-state index in [-0.39, 0.29) is 13.2 Å². The van der Waals surface area contributed by atoms with Gasteiger partial charge in [0.1, 0.15) is 19.1 Å². The van der Waals surface area contributed by atoms with Crippen molar-refractivity contribution in [2.45, 2.75) is 19.8 Å². The van der Waals surface area contributed by atoms with Gasteiger partial charge in [-0.2, -0.15) is 0 Å². The van der Waals surface area contributed by atoms with Crippen molar-refractivity contribution in [1.82, 2.24) is 0 Å². The number of nitrogens with zero attached hydrogens (tertiary/aromatic N) is 1. The zero-order chi connectivity index (χ0) is 19.8. The molecule has 7 nitrogen and oxygen atoms in total. The highest BCUT2D eigenvalue weighted by atomic mass is 32.1. The predicted octanol–water partition coefficient (Wildman–Crippen LogP) is 2.58. The lowest BCUT2D eigenvalue weighted by Crippen LogP contribution is -2.36. The van der Waals surface area contributed by atoms with Crippen LogP contribution < -0.4 is 0 Å². The maximum atomic E-state index is 12.8. The molecular formula is C19H25NO6S. The van der Waals surface area contributed by atoms with E-state index in [2.05, 4.69) is 4.99 Å². The number of thiophene rings is 1. The normalized spacial score (nSPS) is 19.6. The fourth-order valence-electron chi connectivity index (χ4n) is 2.99. The summed E-state index contributed by atoms with van der Waals surface area (Å²) in [6.45, 7) is 4.41. The zero-order valence-corrected chi connectivity index (χ0v) is 16.8. The van der Waals surface area contributed by atoms with Crippen molar-refractivity contribution in [3.05, 3.63) is 33.7 Å². The molecule has 0 fully saturated rings. The van der Waals surface area contributed by atoms with Gasteiger partial charge in [0.05, 0.1) is 18.8 Å². The Bertz CT molecular complexity index is 710. The van der Waals surface area contributed by atoms with E-state index < -0.39 is 23.8 Å². The van der Waals surface area contributed by atoms with Crippen molar-refractivity contribution in [3.63, 3.8) is 0 Å². The van der Waals surface area contributed by atoms with Crippen molar-refractivity contribution in [1.29, 1.82) is 0 Å². The van der Waals surface area contributed by atoms with Crippen molar-refractivity contribution in [2.24, 2.45) is 10.9 Å². The van der Waals surface area contributed by atoms with Crippen molar-refractivity contribution >= 4 is 29.0 Å². The molecule has 8 heteroatoms. The first-order chi connectivity index (χ1) is 13.0. The summed E-state index contributed by atoms with van der Waals surface area (Å²) in [5, 5.41) is 1.91. The molecule has 0 saturated heterocycles. The maximum absolute atomic E-state index is 12.8. The summed E-state index contributed by atoms with van der Waals surface area (Å²) in [6, 6.07) is 3.79. The minimum atomic E-state index is -0.686. The first kappa shape index (κ1) is 21.3. The molecule has 1 aliphatic rings. The maximum Gasteiger partial charge on any atom is 0.336 e. The lowest BCUT2D eigenvalue weighted by molar-refractivity contribution is -0.148. The van der Waals surface area contributed by atoms with E-state index in [4.69, 9.17) is 18.9 Å². The molecule has 0 bridgehead atoms. The van der Waals surface area contributed by atoms with Crippen LogP contribution in [-0.4, -0.2) is 58.3 Å². The van der Waals surface area contributed by atoms with Crippen LogP contribution in [0.25, 0.3) is 0 Å². The third kappa shape index (κ3) is 5.24. The van der Waals surface area contributed by atoms with Crippen LogP contribution in [0.2, 0.25) is 0 Å². The second kappa shape index (κ2) is 10.3. The Morgan fingerprint density at radius 1 is 1.07 bits per heavy atom. The lowest BCUT2D eigenvalue weighted by atomic mass is 9.79. The van der Waals surface area contributed by atoms with Gasteiger partial charge in [-0.1, -0.05) is 6.07 Å². The van der Waals surface area contributed by atoms with E-state index in [0.717, 1.165) is 4.88 Å². The van der Waals surface area contributed by atoms with Gasteiger partial charge in [0.25, 0.3) is 0 Å². The molecule has 0 saturated carbocycles. The van der Waals surface area contributed by atoms with E-state index in [1.807, 2.05) is 17.5 Å². The number of carbonyl (C=O) groups excluding carboxylic acids is 2. The van der Waals surface area contributed by atoms with Crippen LogP contribution in [0.15, 0.2) is 33.8 Å². The molecule has 148 valence electrons. The Kier molecular flexibility index (Phi) is 8.15. The molecule has 1 aromatic heterocycles. The van der Waals surface area contributed by atoms with Gasteiger partial charge in [0.2, 0.25) is 0 Å². The summed E-state index contributed by atoms with van der Waals surface area (Å²) < 4.78 is 20.5. The minimum Gasteiger partial charge on any atom is -0.463 e. The van der Waals surface area contributed by atoms with Gasteiger partial charge in [0, 0.05) is 36.4 Å². The quantitative estimate of drug-likeness (QED) is 0.472. The second-order valence-electron chi connectivity index (χ2n) is 6.01. The Labute approximate surface area is 163 Å². The molecule has 0 radical (unpaired) electrons. The Hall–Kier alpha value is -2.03. The monoisotopic (exact) mass is 395 g/mol. The first-order valence-electron chi connectivity index (χ1n) is 8.62. The number of rotatable bonds is 9. The van der Waals surface area contributed by atoms with Crippen molar-refractivity contribution in [3.8, 4) is 0 Å². The molecule has 0 aliphatic carbocycles. The summed E-state index contributed by atoms with van der Waals surface area (Å²) in [5.74, 6) is -2.10. The number of esters is 2. The number of aliphatic imine (C=N–C) groups is 1. The van der Waals surface area contributed by atoms with Crippen molar-refractivity contribution in [2.75, 3.05) is 40.6 Å². The molecule has 0 N–H and O–H groups in total. The highest BCUT2D eigenvalue weighted by Gasteiger charge is 2.42. The fourth-order valence-corrected chi connectivity index (χ4v) is 3.87. The first-order valence-corrected chi connectivity index (χ1v) is 9.50. The van der Waals surface area contributed by atoms with Crippen LogP contribution >= 0.6 is 11.3 Å². The molecule has 27 heavy (non-hydrogen) atoms. The molecule has 2 rings (SSSR count). The van der Waals surface area contributed by atoms with Crippen molar-refractivity contribution < 1.29 is 28.5 Å². The topological polar surface area (TPSA) is 83.4 Å². The van der Waals surface area contributed by atoms with Crippen LogP contribution in [0.4, 0.5) is 0 Å². The minimum absolute atomic E-state index is 0.134. The summed E-state index contributed by atoms with van der Waals surface area (Å²) in [4.78, 5) is 30.9. The summed E-state index contributed by atoms with van der Waals surface area (Å²) in [5.41, 5.74) is 1.55. The van der Waals surface area contributed by atoms with Crippen LogP contribution in [0.1, 0.15) is 24.6 Å². The number of hydrogen-bond donors (Lipinski definition) is 0. The number of ether oxygens (including phenoxy) is 4. The fraction of sp³-hybridized carbons (Fsp3) is 0.526. The Morgan fingerprint density at radius 3 is 2.33 bits per heavy atom. The van der Waals surface area contributed by atoms with Crippen LogP contribution in [0.5, 0.6) is 0 Å². The lowest BCUT2D eigenvalue weighted by Gasteiger charge is -2.30. The van der Waals surface area contributed by atoms with Gasteiger partial charge in [-0.3, -0.25) is 9.79 Å². The van der Waals surface area contributed by atoms with E-state index >= 15 is 0 Å². The summed E-state index contributed by atoms with van der Waals surface area (Å²) in [7, 11) is 3.07. The average molecular weight is 395 g/mol. The predicted molar refractivity (Wildman–Crippen MR) is 102 cm³/mol. The van der Waals surface area contributed by atoms with Crippen LogP contribution in [-0.2, 0) is 28.5 Å². The van der Waals surface area contributed by atoms with Gasteiger partial charge in [0.15, 0.2) is 0 Å². The largest absolute Gasteiger partial charge is 0.463 e. The third-order valence-corrected chi connectivity index (χ3v) is 5.16. The number of methoxy groups -OCH3 is 2. The van der Waals surface area contributed by atoms with Gasteiger partial charge in [-0.05, 0) is 25.3 Å². The molecule has 2 atom stereocenters. The Balaban J connectivity index is 2.36. The van der Waals surface area contributed by atoms with Gasteiger partial charge in [-0.25, -0.2) is 4.79 Å². The molecule has 0 amide bonds. The third-order valence-electron chi connectivity index (χ3n) is 4.20. The van der Waals surface area contributed by atoms with E-state index in [1.54, 1.807) is 13.8 Å². The molecule has 0 spiro atoms. The van der Waals surface area contributed by atoms with Gasteiger partial charge >= 0.3 is 11.9 Å². The van der Waals surface area contributed by atoms with Gasteiger partial charge in [-0.15, -0.1) is 11.3 Å². The molecule has 1 aromatic rings. The van der Waals surface area contributed by atoms with E-state index in [0.29, 0.717) is 30.2 Å². The molecule has 1 aliphatic heterocycles. The standard InChI is InChI=1S/C19H25NO6S/c1-12-15(18(21)25-9-7-23-3)17(14-6-5-11-27-14)16(13(2)20-12)19(22)26-10-8-24-4/h5-6,11,15,17H,7-10H2,1-4H3. The molecule has 2 heterocycles. The zero-order valence-electron chi connectivity index (χ0n) is 16.0. The second-order valence-corrected chi connectivity index (χ2v) is 6.99. The summed E-state index contributed by atoms with van der Waals surface area (Å²) >= 11 is 1.48. The van der Waals surface area contributed by atoms with E-state index in [1.165, 1.54) is 25.6 Å². The molecular weight excluding hydrogens is 370 g/mol. The average Bonchev–Trinajstić information content (AvgIpc) is 3.15. The SMILES string of the molecule is COCCOC(=O)C1=C(C)N=C(C)C(C(=O)OCCOC)C1c1cccs1. The van der Waals surface area contributed by atoms with E-state index in [9.17, 15) is 9.59 Å². The highest BCUT2D eigenvalue weighted by Crippen LogP contribution is 2.41. The number of allylic oxidation sites excluding steroid dienone is 1. The number of hydrogen-bond acceptors (Lipinski definition) is 8. The smallest absolute Gasteiger partial charge is 0.336 e. The van der Waals surface area contributed by atoms with Gasteiger partial charge < -0.3 is 18.9 Å². The summed E-state index contributed by atoms with van der Waals surface area (Å²) in [6.07, 6.45) is 0. The Morgan fingerprint density at radius 2 is 1.74 bits per heavy atom. The molecule has 0 aromatic carbocycles. The van der Waals surface area contributed by atoms with Crippen LogP contribution in [0, 0.1) is 5.92 Å². The number of carbonyl (C=O) groups is 2.